The van der Waals surface area contributed by atoms with Crippen molar-refractivity contribution in [2.75, 3.05) is 27.4 Å². The number of aryl methyl sites for hydroxylation is 3. The highest BCUT2D eigenvalue weighted by Crippen LogP contribution is 2.34. The van der Waals surface area contributed by atoms with Crippen molar-refractivity contribution in [1.29, 1.82) is 0 Å². The van der Waals surface area contributed by atoms with E-state index in [1.54, 1.807) is 99.3 Å². The second-order valence-corrected chi connectivity index (χ2v) is 37.9. The van der Waals surface area contributed by atoms with Crippen LogP contribution in [0.15, 0.2) is 224 Å². The number of rotatable bonds is 17. The largest absolute Gasteiger partial charge is 0.507 e. The van der Waals surface area contributed by atoms with Crippen LogP contribution in [0.1, 0.15) is 81.1 Å². The number of nitrogens with one attached hydrogen (secondary N) is 3. The molecule has 7 N–H and O–H groups in total. The number of imide groups is 1. The minimum absolute atomic E-state index is 0.0330. The molecule has 0 aliphatic carbocycles. The first-order chi connectivity index (χ1) is 60.7. The first kappa shape index (κ1) is 102. The van der Waals surface area contributed by atoms with Gasteiger partial charge in [0.25, 0.3) is 23.0 Å². The SMILES string of the molecule is C1=CC(c2nccs2)=NC1.CC(=O)N(C(=O)c1c(F)cccc1F)c1ccc(Br)s1.CC(=O)Nc1ccc(Br)s1.CCn1ccc(-c2nccs2)n1.CCn1nc(-c2nccs2)cc1B(O)O.CCn1nc(-c2nccs2)cc1B(O)O.O=C(Cl)c1c(F)cccc1F.O=C(Nc1ccc(Br)s1)c1c(F)cccc1F.O=C(Nc1ccc(Br)s1)c1c(F)cccc1F. The van der Waals surface area contributed by atoms with Crippen LogP contribution >= 0.6 is 166 Å². The van der Waals surface area contributed by atoms with Crippen molar-refractivity contribution in [3.8, 4) is 32.1 Å². The van der Waals surface area contributed by atoms with Crippen LogP contribution in [-0.2, 0) is 29.2 Å². The molecule has 1 aliphatic heterocycles. The molecule has 5 amide bonds. The zero-order valence-corrected chi connectivity index (χ0v) is 79.5. The maximum absolute atomic E-state index is 13.6. The molecule has 0 bridgehead atoms. The van der Waals surface area contributed by atoms with E-state index in [-0.39, 0.29) is 10.9 Å². The molecule has 0 unspecified atom stereocenters. The van der Waals surface area contributed by atoms with E-state index < -0.39 is 112 Å². The number of thiazole rings is 4. The van der Waals surface area contributed by atoms with E-state index >= 15 is 0 Å². The fourth-order valence-electron chi connectivity index (χ4n) is 9.97. The Hall–Kier alpha value is -9.92. The van der Waals surface area contributed by atoms with E-state index in [0.29, 0.717) is 49.5 Å². The van der Waals surface area contributed by atoms with Gasteiger partial charge >= 0.3 is 14.2 Å². The van der Waals surface area contributed by atoms with E-state index in [2.05, 4.69) is 127 Å². The highest BCUT2D eigenvalue weighted by Gasteiger charge is 2.29. The number of aliphatic imine (C=N–C) groups is 1. The number of halogens is 13. The zero-order valence-electron chi connectivity index (χ0n) is 65.9. The average molecular weight is 2170 g/mol. The molecule has 48 heteroatoms. The molecule has 0 fully saturated rings. The summed E-state index contributed by atoms with van der Waals surface area (Å²) in [5.74, 6) is -10.7. The van der Waals surface area contributed by atoms with E-state index in [4.69, 9.17) is 31.7 Å². The summed E-state index contributed by atoms with van der Waals surface area (Å²) in [6.45, 7) is 11.4. The summed E-state index contributed by atoms with van der Waals surface area (Å²) in [5, 5.41) is 69.1. The van der Waals surface area contributed by atoms with Crippen LogP contribution < -0.4 is 32.0 Å². The molecule has 0 saturated carbocycles. The van der Waals surface area contributed by atoms with Crippen LogP contribution in [0.4, 0.5) is 55.1 Å². The average Bonchev–Trinajstić information content (AvgIpc) is 1.81. The second-order valence-electron chi connectivity index (χ2n) is 24.1. The van der Waals surface area contributed by atoms with Crippen LogP contribution in [0.3, 0.4) is 0 Å². The lowest BCUT2D eigenvalue weighted by Crippen LogP contribution is -2.36. The van der Waals surface area contributed by atoms with Gasteiger partial charge in [-0.05, 0) is 217 Å². The third-order valence-corrected chi connectivity index (χ3v) is 25.1. The molecule has 11 aromatic heterocycles. The number of thiophene rings is 4. The molecule has 0 spiro atoms. The standard InChI is InChI=1S/C13H8BrF2NO2S.2C11H6BrF2NOS.2C8H10BN3O2S.C8H9N3S.C7H3ClF2O.C7H6N2S.C6H6BrNOS/c1-7(18)17(11-6-5-10(14)20-11)13(19)12-8(15)3-2-4-9(12)16;2*12-8-4-5-9(17-8)15-11(16)10-6(13)2-1-3-7(10)14;2*1-2-12-7(9(13)14)5-6(11-12)8-10-3-4-15-8;1-2-11-5-3-7(10-11)8-9-4-6-12-8;8-7(11)6-4(9)2-1-3-5(6)10;1-2-6(8-3-1)7-9-4-5-10-7;1-4(9)8-6-3-2-5(7)10-6/h2-6H,1H3;2*1-5H,(H,15,16);2*3-5,13-14H,2H2,1H3;3-6H,2H2,1H3;1-3H;1-2,4-5H,3H2;2-3H,1H3,(H,8,9). The van der Waals surface area contributed by atoms with Crippen LogP contribution in [0.25, 0.3) is 32.1 Å². The molecule has 15 aromatic rings. The summed E-state index contributed by atoms with van der Waals surface area (Å²) in [7, 11) is -2.99. The normalized spacial score (nSPS) is 10.7. The Labute approximate surface area is 789 Å². The number of aromatic nitrogens is 10. The minimum atomic E-state index is -1.49. The molecule has 0 radical (unpaired) electrons. The van der Waals surface area contributed by atoms with E-state index in [9.17, 15) is 63.9 Å². The first-order valence-electron chi connectivity index (χ1n) is 36.1. The van der Waals surface area contributed by atoms with Gasteiger partial charge in [0.1, 0.15) is 111 Å². The van der Waals surface area contributed by atoms with Crippen LogP contribution in [-0.4, -0.2) is 131 Å². The van der Waals surface area contributed by atoms with Gasteiger partial charge in [-0.3, -0.25) is 47.8 Å². The highest BCUT2D eigenvalue weighted by atomic mass is 79.9. The van der Waals surface area contributed by atoms with Gasteiger partial charge in [-0.25, -0.2) is 60.0 Å². The molecule has 660 valence electrons. The van der Waals surface area contributed by atoms with Crippen LogP contribution in [0.5, 0.6) is 0 Å². The van der Waals surface area contributed by atoms with E-state index in [1.165, 1.54) is 81.8 Å². The number of allylic oxidation sites excluding steroid dienone is 1. The van der Waals surface area contributed by atoms with Crippen molar-refractivity contribution in [3.63, 3.8) is 0 Å². The van der Waals surface area contributed by atoms with Crippen molar-refractivity contribution in [1.82, 2.24) is 49.3 Å². The number of nitrogens with zero attached hydrogens (tertiary/aromatic N) is 12. The predicted octanol–water partition coefficient (Wildman–Crippen LogP) is 19.8. The number of hydrogen-bond donors (Lipinski definition) is 7. The van der Waals surface area contributed by atoms with Crippen LogP contribution in [0.2, 0.25) is 0 Å². The van der Waals surface area contributed by atoms with Crippen molar-refractivity contribution in [3.05, 3.63) is 293 Å². The number of benzene rings is 4. The quantitative estimate of drug-likeness (QED) is 0.0253. The summed E-state index contributed by atoms with van der Waals surface area (Å²) in [6.07, 6.45) is 13.0. The molecule has 127 heavy (non-hydrogen) atoms. The van der Waals surface area contributed by atoms with Crippen molar-refractivity contribution in [2.45, 2.75) is 54.3 Å². The lowest BCUT2D eigenvalue weighted by molar-refractivity contribution is -0.116. The third kappa shape index (κ3) is 31.2. The van der Waals surface area contributed by atoms with Gasteiger partial charge in [0, 0.05) is 86.0 Å². The highest BCUT2D eigenvalue weighted by molar-refractivity contribution is 9.11. The third-order valence-electron chi connectivity index (χ3n) is 15.5. The van der Waals surface area contributed by atoms with Crippen LogP contribution in [0, 0.1) is 46.5 Å². The summed E-state index contributed by atoms with van der Waals surface area (Å²) < 4.78 is 114. The topological polar surface area (TPSA) is 340 Å². The molecular weight excluding hydrogens is 2100 g/mol. The molecule has 12 heterocycles. The number of amides is 5. The Morgan fingerprint density at radius 2 is 0.819 bits per heavy atom. The smallest absolute Gasteiger partial charge is 0.422 e. The zero-order chi connectivity index (χ0) is 92.6. The summed E-state index contributed by atoms with van der Waals surface area (Å²) in [5.41, 5.74) is 1.53. The Bertz CT molecular complexity index is 5940. The molecule has 0 saturated heterocycles. The van der Waals surface area contributed by atoms with Gasteiger partial charge in [0.2, 0.25) is 11.8 Å². The fourth-order valence-corrected chi connectivity index (χ4v) is 17.9. The van der Waals surface area contributed by atoms with Gasteiger partial charge in [-0.1, -0.05) is 30.3 Å². The number of hydrogen-bond acceptors (Lipinski definition) is 26. The predicted molar refractivity (Wildman–Crippen MR) is 501 cm³/mol. The van der Waals surface area contributed by atoms with Crippen molar-refractivity contribution >= 4 is 252 Å². The molecule has 25 nitrogen and oxygen atoms in total. The Kier molecular flexibility index (Phi) is 41.4. The summed E-state index contributed by atoms with van der Waals surface area (Å²) >= 11 is 29.2. The molecule has 16 rings (SSSR count). The molecule has 0 atom stereocenters. The second kappa shape index (κ2) is 51.3. The monoisotopic (exact) mass is 2160 g/mol. The van der Waals surface area contributed by atoms with Crippen molar-refractivity contribution < 1.29 is 84.0 Å². The van der Waals surface area contributed by atoms with E-state index in [0.717, 1.165) is 145 Å². The van der Waals surface area contributed by atoms with Gasteiger partial charge in [0.05, 0.1) is 53.6 Å². The Balaban J connectivity index is 0.000000178. The van der Waals surface area contributed by atoms with Gasteiger partial charge in [-0.2, -0.15) is 15.3 Å². The summed E-state index contributed by atoms with van der Waals surface area (Å²) in [6, 6.07) is 31.8. The molecule has 4 aromatic carbocycles. The number of anilines is 4. The Morgan fingerprint density at radius 3 is 1.10 bits per heavy atom. The maximum atomic E-state index is 13.6. The lowest BCUT2D eigenvalue weighted by Gasteiger charge is -2.17. The van der Waals surface area contributed by atoms with Gasteiger partial charge < -0.3 is 36.0 Å². The molecule has 1 aliphatic rings. The maximum Gasteiger partial charge on any atom is 0.507 e. The molecular formula is C79H64B2Br4ClF8N15O10S8. The minimum Gasteiger partial charge on any atom is -0.422 e. The number of carbonyl (C=O) groups excluding carboxylic acids is 6. The van der Waals surface area contributed by atoms with E-state index in [1.807, 2.05) is 76.6 Å². The van der Waals surface area contributed by atoms with Crippen molar-refractivity contribution in [2.24, 2.45) is 4.99 Å². The summed E-state index contributed by atoms with van der Waals surface area (Å²) in [4.78, 5) is 89.6. The lowest BCUT2D eigenvalue weighted by atomic mass is 9.86. The van der Waals surface area contributed by atoms with Gasteiger partial charge in [-0.15, -0.1) is 90.7 Å². The first-order valence-corrected chi connectivity index (χ1v) is 46.5. The Morgan fingerprint density at radius 1 is 0.457 bits per heavy atom. The fraction of sp³-hybridized carbons (Fsp3) is 0.114. The van der Waals surface area contributed by atoms with Gasteiger partial charge in [0.15, 0.2) is 0 Å². The number of carbonyl (C=O) groups is 6.